The van der Waals surface area contributed by atoms with E-state index in [4.69, 9.17) is 4.74 Å². The van der Waals surface area contributed by atoms with Crippen LogP contribution in [-0.4, -0.2) is 30.8 Å². The lowest BCUT2D eigenvalue weighted by Crippen LogP contribution is -2.30. The van der Waals surface area contributed by atoms with Crippen molar-refractivity contribution < 1.29 is 23.9 Å². The van der Waals surface area contributed by atoms with Gasteiger partial charge in [-0.1, -0.05) is 121 Å². The van der Waals surface area contributed by atoms with Crippen molar-refractivity contribution in [3.63, 3.8) is 0 Å². The van der Waals surface area contributed by atoms with E-state index in [1.54, 1.807) is 72.8 Å². The van der Waals surface area contributed by atoms with Crippen LogP contribution < -0.4 is 16.0 Å². The van der Waals surface area contributed by atoms with Crippen LogP contribution in [0.1, 0.15) is 37.1 Å². The lowest BCUT2D eigenvalue weighted by molar-refractivity contribution is -0.116. The minimum Gasteiger partial charge on any atom is -0.465 e. The third kappa shape index (κ3) is 9.55. The molecule has 53 heavy (non-hydrogen) atoms. The fourth-order valence-electron chi connectivity index (χ4n) is 5.47. The number of rotatable bonds is 12. The van der Waals surface area contributed by atoms with Gasteiger partial charge in [0.2, 0.25) is 5.91 Å². The number of thioether (sulfide) groups is 1. The summed E-state index contributed by atoms with van der Waals surface area (Å²) in [6, 6.07) is 49.4. The number of benzene rings is 6. The average Bonchev–Trinajstić information content (AvgIpc) is 3.21. The van der Waals surface area contributed by atoms with E-state index in [1.165, 1.54) is 18.9 Å². The summed E-state index contributed by atoms with van der Waals surface area (Å²) in [6.45, 7) is 0. The molecule has 0 heterocycles. The van der Waals surface area contributed by atoms with E-state index in [0.29, 0.717) is 21.8 Å². The monoisotopic (exact) mass is 717 g/mol. The molecule has 3 amide bonds. The summed E-state index contributed by atoms with van der Waals surface area (Å²) in [5, 5.41) is 7.89. The lowest BCUT2D eigenvalue weighted by Gasteiger charge is -2.19. The number of amides is 3. The zero-order chi connectivity index (χ0) is 37.0. The van der Waals surface area contributed by atoms with E-state index in [0.717, 1.165) is 22.3 Å². The average molecular weight is 718 g/mol. The smallest absolute Gasteiger partial charge is 0.339 e. The highest BCUT2D eigenvalue weighted by atomic mass is 32.2. The summed E-state index contributed by atoms with van der Waals surface area (Å²) in [6.07, 6.45) is 1.63. The summed E-state index contributed by atoms with van der Waals surface area (Å²) >= 11 is 1.28. The molecule has 6 aromatic carbocycles. The molecule has 9 heteroatoms. The quantitative estimate of drug-likeness (QED) is 0.0662. The van der Waals surface area contributed by atoms with Crippen LogP contribution in [0.5, 0.6) is 0 Å². The van der Waals surface area contributed by atoms with Gasteiger partial charge in [0.25, 0.3) is 11.8 Å². The molecule has 6 rings (SSSR count). The highest BCUT2D eigenvalue weighted by Crippen LogP contribution is 2.37. The maximum absolute atomic E-state index is 13.8. The molecule has 0 aliphatic carbocycles. The topological polar surface area (TPSA) is 114 Å². The molecule has 0 bridgehead atoms. The van der Waals surface area contributed by atoms with E-state index in [1.807, 2.05) is 97.1 Å². The fourth-order valence-corrected chi connectivity index (χ4v) is 6.56. The Morgan fingerprint density at radius 1 is 0.642 bits per heavy atom. The Balaban J connectivity index is 1.24. The number of nitrogens with one attached hydrogen (secondary N) is 3. The van der Waals surface area contributed by atoms with Crippen molar-refractivity contribution in [1.29, 1.82) is 0 Å². The molecule has 0 spiro atoms. The first-order chi connectivity index (χ1) is 25.9. The van der Waals surface area contributed by atoms with Crippen molar-refractivity contribution >= 4 is 52.9 Å². The summed E-state index contributed by atoms with van der Waals surface area (Å²) in [4.78, 5) is 54.0. The van der Waals surface area contributed by atoms with E-state index in [9.17, 15) is 19.2 Å². The molecule has 0 saturated carbocycles. The maximum Gasteiger partial charge on any atom is 0.339 e. The maximum atomic E-state index is 13.8. The van der Waals surface area contributed by atoms with Crippen LogP contribution in [0.2, 0.25) is 0 Å². The first-order valence-electron chi connectivity index (χ1n) is 16.7. The van der Waals surface area contributed by atoms with Gasteiger partial charge in [-0.05, 0) is 70.8 Å². The van der Waals surface area contributed by atoms with Gasteiger partial charge < -0.3 is 20.7 Å². The third-order valence-corrected chi connectivity index (χ3v) is 9.38. The van der Waals surface area contributed by atoms with Crippen LogP contribution in [0.15, 0.2) is 174 Å². The highest BCUT2D eigenvalue weighted by Gasteiger charge is 2.24. The fraction of sp³-hybridized carbons (Fsp3) is 0.0455. The number of carbonyl (C=O) groups excluding carboxylic acids is 4. The van der Waals surface area contributed by atoms with Crippen LogP contribution in [0.4, 0.5) is 11.4 Å². The number of hydrogen-bond donors (Lipinski definition) is 3. The van der Waals surface area contributed by atoms with Crippen LogP contribution in [-0.2, 0) is 14.3 Å². The highest BCUT2D eigenvalue weighted by molar-refractivity contribution is 8.00. The largest absolute Gasteiger partial charge is 0.465 e. The summed E-state index contributed by atoms with van der Waals surface area (Å²) in [7, 11) is 1.29. The normalized spacial score (nSPS) is 11.5. The van der Waals surface area contributed by atoms with E-state index in [-0.39, 0.29) is 17.2 Å². The molecule has 8 nitrogen and oxygen atoms in total. The Labute approximate surface area is 311 Å². The summed E-state index contributed by atoms with van der Waals surface area (Å²) in [5.41, 5.74) is 5.03. The predicted octanol–water partition coefficient (Wildman–Crippen LogP) is 9.02. The van der Waals surface area contributed by atoms with Crippen molar-refractivity contribution in [2.75, 3.05) is 17.7 Å². The van der Waals surface area contributed by atoms with Gasteiger partial charge in [-0.2, -0.15) is 0 Å². The number of para-hydroxylation sites is 1. The Kier molecular flexibility index (Phi) is 11.9. The van der Waals surface area contributed by atoms with E-state index in [2.05, 4.69) is 16.0 Å². The van der Waals surface area contributed by atoms with Gasteiger partial charge in [0.05, 0.1) is 18.4 Å². The molecule has 1 atom stereocenters. The van der Waals surface area contributed by atoms with Crippen molar-refractivity contribution in [1.82, 2.24) is 5.32 Å². The number of methoxy groups -OCH3 is 1. The second-order valence-electron chi connectivity index (χ2n) is 11.8. The van der Waals surface area contributed by atoms with Gasteiger partial charge in [0.15, 0.2) is 0 Å². The summed E-state index contributed by atoms with van der Waals surface area (Å²) in [5.74, 6) is -1.87. The van der Waals surface area contributed by atoms with E-state index < -0.39 is 23.0 Å². The molecule has 0 saturated heterocycles. The second kappa shape index (κ2) is 17.5. The van der Waals surface area contributed by atoms with Gasteiger partial charge in [-0.3, -0.25) is 14.4 Å². The zero-order valence-corrected chi connectivity index (χ0v) is 29.5. The third-order valence-electron chi connectivity index (χ3n) is 8.13. The van der Waals surface area contributed by atoms with Crippen LogP contribution in [0.3, 0.4) is 0 Å². The zero-order valence-electron chi connectivity index (χ0n) is 28.7. The minimum absolute atomic E-state index is 0.0511. The number of anilines is 2. The number of hydrogen-bond acceptors (Lipinski definition) is 6. The SMILES string of the molecule is COC(=O)c1ccccc1NC(=O)C(Sc1cccc(NC(=O)/C(=C\c2ccc(-c3ccccc3)cc2)NC(=O)c2ccccc2)c1)c1ccccc1. The standard InChI is InChI=1S/C44H35N3O5S/c1-52-44(51)37-22-11-12-23-38(37)46-43(50)40(33-16-7-3-8-17-33)53-36-21-13-20-35(29-36)45-42(49)39(47-41(48)34-18-9-4-10-19-34)28-30-24-26-32(27-25-30)31-14-5-2-6-15-31/h2-29,40H,1H3,(H,45,49)(H,46,50)(H,47,48)/b39-28+. The number of carbonyl (C=O) groups is 4. The summed E-state index contributed by atoms with van der Waals surface area (Å²) < 4.78 is 4.90. The Morgan fingerprint density at radius 2 is 1.26 bits per heavy atom. The molecule has 0 fully saturated rings. The van der Waals surface area contributed by atoms with Gasteiger partial charge in [-0.25, -0.2) is 4.79 Å². The Bertz CT molecular complexity index is 2240. The molecule has 0 aromatic heterocycles. The van der Waals surface area contributed by atoms with Crippen LogP contribution in [0, 0.1) is 0 Å². The molecule has 262 valence electrons. The number of esters is 1. The molecule has 0 aliphatic heterocycles. The van der Waals surface area contributed by atoms with E-state index >= 15 is 0 Å². The molecule has 0 radical (unpaired) electrons. The molecule has 6 aromatic rings. The van der Waals surface area contributed by atoms with Gasteiger partial charge in [0.1, 0.15) is 10.9 Å². The Hall–Kier alpha value is -6.71. The van der Waals surface area contributed by atoms with Crippen molar-refractivity contribution in [3.8, 4) is 11.1 Å². The van der Waals surface area contributed by atoms with Crippen molar-refractivity contribution in [3.05, 3.63) is 192 Å². The van der Waals surface area contributed by atoms with Gasteiger partial charge >= 0.3 is 5.97 Å². The lowest BCUT2D eigenvalue weighted by atomic mass is 10.0. The first-order valence-corrected chi connectivity index (χ1v) is 17.6. The molecule has 1 unspecified atom stereocenters. The van der Waals surface area contributed by atoms with Gasteiger partial charge in [0, 0.05) is 16.1 Å². The van der Waals surface area contributed by atoms with Crippen molar-refractivity contribution in [2.24, 2.45) is 0 Å². The van der Waals surface area contributed by atoms with Gasteiger partial charge in [-0.15, -0.1) is 11.8 Å². The van der Waals surface area contributed by atoms with Crippen LogP contribution in [0.25, 0.3) is 17.2 Å². The molecular formula is C44H35N3O5S. The first kappa shape index (κ1) is 36.1. The predicted molar refractivity (Wildman–Crippen MR) is 210 cm³/mol. The van der Waals surface area contributed by atoms with Crippen molar-refractivity contribution in [2.45, 2.75) is 10.1 Å². The molecule has 3 N–H and O–H groups in total. The molecular weight excluding hydrogens is 683 g/mol. The second-order valence-corrected chi connectivity index (χ2v) is 13.0. The number of ether oxygens (including phenoxy) is 1. The minimum atomic E-state index is -0.715. The van der Waals surface area contributed by atoms with Crippen LogP contribution >= 0.6 is 11.8 Å². The Morgan fingerprint density at radius 3 is 1.96 bits per heavy atom. The molecule has 0 aliphatic rings.